The van der Waals surface area contributed by atoms with Gasteiger partial charge < -0.3 is 71.4 Å². The number of primary amides is 2. The van der Waals surface area contributed by atoms with Crippen molar-refractivity contribution in [2.45, 2.75) is 120 Å². The molecule has 7 amide bonds. The van der Waals surface area contributed by atoms with Gasteiger partial charge in [-0.1, -0.05) is 6.42 Å². The molecule has 7 atom stereocenters. The van der Waals surface area contributed by atoms with Gasteiger partial charge in [-0.2, -0.15) is 0 Å². The molecule has 0 radical (unpaired) electrons. The van der Waals surface area contributed by atoms with Gasteiger partial charge in [0.1, 0.15) is 30.2 Å². The summed E-state index contributed by atoms with van der Waals surface area (Å²) in [6.07, 6.45) is 1.07. The third-order valence-electron chi connectivity index (χ3n) is 7.66. The maximum Gasteiger partial charge on any atom is 0.245 e. The molecule has 0 saturated heterocycles. The van der Waals surface area contributed by atoms with E-state index in [1.54, 1.807) is 0 Å². The highest BCUT2D eigenvalue weighted by Crippen LogP contribution is 2.06. The molecular formula is C30H59N13O8. The first-order chi connectivity index (χ1) is 23.9. The van der Waals surface area contributed by atoms with Crippen molar-refractivity contribution in [3.05, 3.63) is 0 Å². The van der Waals surface area contributed by atoms with Crippen LogP contribution >= 0.6 is 0 Å². The van der Waals surface area contributed by atoms with Gasteiger partial charge in [0.15, 0.2) is 5.96 Å². The molecule has 0 spiro atoms. The second-order valence-electron chi connectivity index (χ2n) is 12.2. The molecule has 21 nitrogen and oxygen atoms in total. The van der Waals surface area contributed by atoms with Crippen LogP contribution in [-0.4, -0.2) is 114 Å². The fourth-order valence-electron chi connectivity index (χ4n) is 4.65. The lowest BCUT2D eigenvalue weighted by molar-refractivity contribution is -0.136. The molecule has 292 valence electrons. The molecule has 0 aromatic rings. The molecule has 0 aliphatic heterocycles. The number of nitrogens with one attached hydrogen (secondary N) is 7. The van der Waals surface area contributed by atoms with Crippen LogP contribution in [0.15, 0.2) is 0 Å². The number of hydrogen-bond acceptors (Lipinski definition) is 12. The Kier molecular flexibility index (Phi) is 23.1. The van der Waals surface area contributed by atoms with Gasteiger partial charge in [-0.25, -0.2) is 0 Å². The molecule has 0 bridgehead atoms. The van der Waals surface area contributed by atoms with Crippen LogP contribution in [0.2, 0.25) is 0 Å². The van der Waals surface area contributed by atoms with Gasteiger partial charge in [0.2, 0.25) is 41.4 Å². The van der Waals surface area contributed by atoms with Gasteiger partial charge in [-0.05, 0) is 78.3 Å². The first-order valence-corrected chi connectivity index (χ1v) is 17.0. The molecule has 0 aliphatic rings. The van der Waals surface area contributed by atoms with Crippen LogP contribution in [0.25, 0.3) is 0 Å². The topological polar surface area (TPSA) is 392 Å². The van der Waals surface area contributed by atoms with E-state index in [4.69, 9.17) is 39.8 Å². The quantitative estimate of drug-likeness (QED) is 0.0213. The van der Waals surface area contributed by atoms with E-state index in [1.807, 2.05) is 0 Å². The van der Waals surface area contributed by atoms with E-state index in [1.165, 1.54) is 13.8 Å². The van der Waals surface area contributed by atoms with Crippen molar-refractivity contribution in [2.75, 3.05) is 19.6 Å². The number of rotatable bonds is 27. The fourth-order valence-corrected chi connectivity index (χ4v) is 4.65. The zero-order valence-corrected chi connectivity index (χ0v) is 29.5. The number of aliphatic hydroxyl groups excluding tert-OH is 1. The number of hydrogen-bond donors (Lipinski definition) is 14. The highest BCUT2D eigenvalue weighted by atomic mass is 16.3. The normalized spacial score (nSPS) is 15.0. The molecule has 51 heavy (non-hydrogen) atoms. The molecular weight excluding hydrogens is 670 g/mol. The number of unbranched alkanes of at least 4 members (excludes halogenated alkanes) is 2. The summed E-state index contributed by atoms with van der Waals surface area (Å²) in [4.78, 5) is 88.8. The zero-order valence-electron chi connectivity index (χ0n) is 29.5. The summed E-state index contributed by atoms with van der Waals surface area (Å²) in [6, 6.07) is -7.50. The average molecular weight is 730 g/mol. The smallest absolute Gasteiger partial charge is 0.245 e. The lowest BCUT2D eigenvalue weighted by Gasteiger charge is -2.27. The van der Waals surface area contributed by atoms with Gasteiger partial charge in [0, 0.05) is 13.0 Å². The predicted molar refractivity (Wildman–Crippen MR) is 188 cm³/mol. The summed E-state index contributed by atoms with van der Waals surface area (Å²) in [6.45, 7) is 3.47. The van der Waals surface area contributed by atoms with Gasteiger partial charge in [-0.3, -0.25) is 39.0 Å². The highest BCUT2D eigenvalue weighted by molar-refractivity contribution is 5.96. The van der Waals surface area contributed by atoms with Crippen molar-refractivity contribution in [1.82, 2.24) is 31.9 Å². The summed E-state index contributed by atoms with van der Waals surface area (Å²) in [5.74, 6) is -5.98. The van der Waals surface area contributed by atoms with Crippen LogP contribution in [0, 0.1) is 5.41 Å². The number of carbonyl (C=O) groups excluding carboxylic acids is 7. The van der Waals surface area contributed by atoms with Crippen LogP contribution in [0.3, 0.4) is 0 Å². The summed E-state index contributed by atoms with van der Waals surface area (Å²) in [5.41, 5.74) is 32.9. The van der Waals surface area contributed by atoms with Crippen LogP contribution in [-0.2, 0) is 33.6 Å². The molecule has 0 heterocycles. The third-order valence-corrected chi connectivity index (χ3v) is 7.66. The lowest BCUT2D eigenvalue weighted by atomic mass is 10.1. The Labute approximate surface area is 297 Å². The fraction of sp³-hybridized carbons (Fsp3) is 0.733. The van der Waals surface area contributed by atoms with Crippen molar-refractivity contribution >= 4 is 47.3 Å². The van der Waals surface area contributed by atoms with E-state index in [2.05, 4.69) is 31.9 Å². The van der Waals surface area contributed by atoms with Crippen molar-refractivity contribution < 1.29 is 38.7 Å². The zero-order chi connectivity index (χ0) is 39.1. The second kappa shape index (κ2) is 25.4. The SMILES string of the molecule is C[C@H](NC(=O)[C@@H](NC(=O)[C@H](CCC(N)=O)NC(=O)[C@@H](N)CCCCN)[C@@H](C)O)C(=O)N[C@@H](CCCNC(=N)N)C(=O)N[C@@H](CCCCN)C(N)=O. The van der Waals surface area contributed by atoms with E-state index in [0.717, 1.165) is 0 Å². The number of guanidine groups is 1. The first-order valence-electron chi connectivity index (χ1n) is 17.0. The highest BCUT2D eigenvalue weighted by Gasteiger charge is 2.33. The monoisotopic (exact) mass is 729 g/mol. The van der Waals surface area contributed by atoms with Crippen LogP contribution in [0.4, 0.5) is 0 Å². The largest absolute Gasteiger partial charge is 0.391 e. The minimum atomic E-state index is -1.62. The molecule has 0 aromatic heterocycles. The molecule has 20 N–H and O–H groups in total. The Hall–Kier alpha value is -4.60. The number of carbonyl (C=O) groups is 7. The van der Waals surface area contributed by atoms with Crippen molar-refractivity contribution in [2.24, 2.45) is 34.4 Å². The van der Waals surface area contributed by atoms with Gasteiger partial charge in [0.25, 0.3) is 0 Å². The Bertz CT molecular complexity index is 1170. The van der Waals surface area contributed by atoms with Gasteiger partial charge >= 0.3 is 0 Å². The molecule has 0 unspecified atom stereocenters. The number of amides is 7. The third kappa shape index (κ3) is 20.0. The van der Waals surface area contributed by atoms with Crippen molar-refractivity contribution in [3.8, 4) is 0 Å². The molecule has 0 aliphatic carbocycles. The Morgan fingerprint density at radius 1 is 0.627 bits per heavy atom. The van der Waals surface area contributed by atoms with Crippen molar-refractivity contribution in [3.63, 3.8) is 0 Å². The average Bonchev–Trinajstić information content (AvgIpc) is 3.05. The number of aliphatic hydroxyl groups is 1. The van der Waals surface area contributed by atoms with E-state index in [9.17, 15) is 38.7 Å². The molecule has 0 aromatic carbocycles. The number of nitrogens with two attached hydrogens (primary N) is 6. The predicted octanol–water partition coefficient (Wildman–Crippen LogP) is -5.59. The van der Waals surface area contributed by atoms with Crippen LogP contribution < -0.4 is 66.3 Å². The Morgan fingerprint density at radius 2 is 1.14 bits per heavy atom. The Morgan fingerprint density at radius 3 is 1.67 bits per heavy atom. The van der Waals surface area contributed by atoms with Crippen LogP contribution in [0.1, 0.15) is 78.1 Å². The van der Waals surface area contributed by atoms with Gasteiger partial charge in [0.05, 0.1) is 12.1 Å². The summed E-state index contributed by atoms with van der Waals surface area (Å²) in [5, 5.41) is 32.4. The lowest BCUT2D eigenvalue weighted by Crippen LogP contribution is -2.61. The maximum absolute atomic E-state index is 13.2. The standard InChI is InChI=1S/C30H59N13O8/c1-16(25(47)41-20(10-7-15-38-30(36)37)27(49)40-19(24(35)46)9-4-6-14-32)39-29(51)23(17(2)44)43-28(50)21(11-12-22(34)45)42-26(48)18(33)8-3-5-13-31/h16-21,23,44H,3-15,31-33H2,1-2H3,(H2,34,45)(H2,35,46)(H,39,51)(H,40,49)(H,41,47)(H,42,48)(H,43,50)(H4,36,37,38)/t16-,17+,18-,19-,20-,21-,23-/m0/s1. The summed E-state index contributed by atoms with van der Waals surface area (Å²) in [7, 11) is 0. The van der Waals surface area contributed by atoms with Crippen molar-refractivity contribution in [1.29, 1.82) is 5.41 Å². The van der Waals surface area contributed by atoms with E-state index in [0.29, 0.717) is 38.8 Å². The summed E-state index contributed by atoms with van der Waals surface area (Å²) < 4.78 is 0. The minimum absolute atomic E-state index is 0.0360. The molecule has 0 saturated carbocycles. The minimum Gasteiger partial charge on any atom is -0.391 e. The maximum atomic E-state index is 13.2. The second-order valence-corrected chi connectivity index (χ2v) is 12.2. The van der Waals surface area contributed by atoms with Crippen LogP contribution in [0.5, 0.6) is 0 Å². The van der Waals surface area contributed by atoms with Gasteiger partial charge in [-0.15, -0.1) is 0 Å². The molecule has 0 rings (SSSR count). The Balaban J connectivity index is 5.76. The first kappa shape index (κ1) is 46.4. The van der Waals surface area contributed by atoms with E-state index >= 15 is 0 Å². The van der Waals surface area contributed by atoms with E-state index in [-0.39, 0.29) is 51.0 Å². The van der Waals surface area contributed by atoms with E-state index < -0.39 is 83.7 Å². The molecule has 21 heteroatoms. The molecule has 0 fully saturated rings. The summed E-state index contributed by atoms with van der Waals surface area (Å²) >= 11 is 0.